The van der Waals surface area contributed by atoms with Crippen molar-refractivity contribution in [3.05, 3.63) is 124 Å². The van der Waals surface area contributed by atoms with E-state index < -0.39 is 111 Å². The van der Waals surface area contributed by atoms with Gasteiger partial charge in [0, 0.05) is 48.5 Å². The first-order valence-corrected chi connectivity index (χ1v) is 27.1. The fourth-order valence-corrected chi connectivity index (χ4v) is 11.0. The lowest BCUT2D eigenvalue weighted by atomic mass is 9.84. The highest BCUT2D eigenvalue weighted by Gasteiger charge is 2.44. The zero-order valence-corrected chi connectivity index (χ0v) is 44.2. The monoisotopic (exact) mass is 1140 g/mol. The second kappa shape index (κ2) is 24.6. The van der Waals surface area contributed by atoms with Crippen LogP contribution in [0.2, 0.25) is 0 Å². The number of ether oxygens (including phenoxy) is 4. The summed E-state index contributed by atoms with van der Waals surface area (Å²) in [6.45, 7) is 9.50. The first-order chi connectivity index (χ1) is 35.1. The molecule has 2 saturated heterocycles. The number of hydrogen-bond acceptors (Lipinski definition) is 23. The molecular formula is C42H59N8O23P3. The number of aliphatic hydroxyl groups is 3. The highest BCUT2D eigenvalue weighted by molar-refractivity contribution is 7.66. The first kappa shape index (κ1) is 61.6. The van der Waals surface area contributed by atoms with E-state index in [-0.39, 0.29) is 61.2 Å². The van der Waals surface area contributed by atoms with Gasteiger partial charge >= 0.3 is 34.8 Å². The smallest absolute Gasteiger partial charge is 0.394 e. The molecule has 4 heterocycles. The molecule has 2 aliphatic heterocycles. The van der Waals surface area contributed by atoms with Crippen LogP contribution in [0, 0.1) is 31.1 Å². The molecule has 0 saturated carbocycles. The summed E-state index contributed by atoms with van der Waals surface area (Å²) >= 11 is 0. The molecule has 34 heteroatoms. The van der Waals surface area contributed by atoms with Gasteiger partial charge in [0.1, 0.15) is 36.3 Å². The van der Waals surface area contributed by atoms with E-state index in [9.17, 15) is 68.6 Å². The van der Waals surface area contributed by atoms with Crippen molar-refractivity contribution >= 4 is 46.5 Å². The normalized spacial score (nSPS) is 22.4. The molecule has 31 nitrogen and oxygen atoms in total. The third kappa shape index (κ3) is 16.4. The van der Waals surface area contributed by atoms with Crippen LogP contribution < -0.4 is 22.8 Å². The maximum absolute atomic E-state index is 12.6. The number of nitrogens with two attached hydrogens (primary N) is 2. The van der Waals surface area contributed by atoms with Gasteiger partial charge in [-0.25, -0.2) is 23.3 Å². The van der Waals surface area contributed by atoms with Crippen LogP contribution in [0.15, 0.2) is 70.5 Å². The number of para-hydroxylation sites is 2. The molecule has 4 unspecified atom stereocenters. The van der Waals surface area contributed by atoms with Gasteiger partial charge in [0.2, 0.25) is 0 Å². The van der Waals surface area contributed by atoms with Crippen molar-refractivity contribution in [3.8, 4) is 0 Å². The van der Waals surface area contributed by atoms with Crippen molar-refractivity contribution in [2.24, 2.45) is 10.8 Å². The third-order valence-electron chi connectivity index (χ3n) is 11.4. The zero-order chi connectivity index (χ0) is 56.9. The summed E-state index contributed by atoms with van der Waals surface area (Å²) in [5.41, 5.74) is 10.3. The van der Waals surface area contributed by atoms with E-state index in [1.54, 1.807) is 30.3 Å². The minimum absolute atomic E-state index is 0.0290. The quantitative estimate of drug-likeness (QED) is 0.0346. The number of anilines is 2. The number of phosphoric acid groups is 3. The molecule has 2 fully saturated rings. The zero-order valence-electron chi connectivity index (χ0n) is 41.5. The Morgan fingerprint density at radius 2 is 1.09 bits per heavy atom. The number of benzene rings is 2. The van der Waals surface area contributed by atoms with Gasteiger partial charge in [0.05, 0.1) is 71.8 Å². The number of nitrogens with zero attached hydrogens (tertiary/aromatic N) is 6. The second-order valence-electron chi connectivity index (χ2n) is 19.4. The number of rotatable bonds is 20. The highest BCUT2D eigenvalue weighted by atomic mass is 31.3. The van der Waals surface area contributed by atoms with Gasteiger partial charge in [-0.15, -0.1) is 0 Å². The van der Waals surface area contributed by atoms with Gasteiger partial charge < -0.3 is 65.3 Å². The summed E-state index contributed by atoms with van der Waals surface area (Å²) in [4.78, 5) is 90.8. The molecular weight excluding hydrogens is 1080 g/mol. The minimum atomic E-state index is -5.76. The van der Waals surface area contributed by atoms with Crippen LogP contribution >= 0.6 is 23.5 Å². The number of nitrogen functional groups attached to an aromatic ring is 2. The first-order valence-electron chi connectivity index (χ1n) is 22.6. The molecule has 76 heavy (non-hydrogen) atoms. The van der Waals surface area contributed by atoms with Crippen molar-refractivity contribution < 1.29 is 90.5 Å². The molecule has 4 aromatic rings. The van der Waals surface area contributed by atoms with Crippen LogP contribution in [0.5, 0.6) is 0 Å². The maximum atomic E-state index is 12.6. The largest absolute Gasteiger partial charge is 0.490 e. The summed E-state index contributed by atoms with van der Waals surface area (Å²) in [7, 11) is -16.8. The Balaban J connectivity index is 0.000000295. The Morgan fingerprint density at radius 1 is 0.697 bits per heavy atom. The number of nitro groups is 2. The predicted octanol–water partition coefficient (Wildman–Crippen LogP) is 3.71. The van der Waals surface area contributed by atoms with Crippen molar-refractivity contribution in [1.29, 1.82) is 0 Å². The molecule has 2 aliphatic rings. The van der Waals surface area contributed by atoms with Gasteiger partial charge in [-0.1, -0.05) is 65.8 Å². The summed E-state index contributed by atoms with van der Waals surface area (Å²) in [6.07, 6.45) is -5.48. The Labute approximate surface area is 431 Å². The van der Waals surface area contributed by atoms with Crippen LogP contribution in [0.1, 0.15) is 101 Å². The molecule has 0 bridgehead atoms. The lowest BCUT2D eigenvalue weighted by molar-refractivity contribution is -0.386. The Hall–Kier alpha value is -5.27. The maximum Gasteiger partial charge on any atom is 0.490 e. The van der Waals surface area contributed by atoms with Crippen LogP contribution in [0.3, 0.4) is 0 Å². The Morgan fingerprint density at radius 3 is 1.46 bits per heavy atom. The minimum Gasteiger partial charge on any atom is -0.394 e. The van der Waals surface area contributed by atoms with Crippen molar-refractivity contribution in [2.75, 3.05) is 24.7 Å². The lowest BCUT2D eigenvalue weighted by Crippen LogP contribution is -2.30. The summed E-state index contributed by atoms with van der Waals surface area (Å²) in [5.74, 6) is -0.233. The summed E-state index contributed by atoms with van der Waals surface area (Å²) in [6, 6.07) is 12.4. The molecule has 2 aromatic heterocycles. The van der Waals surface area contributed by atoms with Crippen LogP contribution in [-0.2, 0) is 59.0 Å². The molecule has 420 valence electrons. The average molecular weight is 1140 g/mol. The Kier molecular flexibility index (Phi) is 19.9. The number of aliphatic hydroxyl groups excluding tert-OH is 3. The van der Waals surface area contributed by atoms with Gasteiger partial charge in [-0.05, 0) is 23.0 Å². The second-order valence-corrected chi connectivity index (χ2v) is 23.8. The average Bonchev–Trinajstić information content (AvgIpc) is 3.85. The number of hydrogen-bond donors (Lipinski definition) is 9. The molecule has 0 radical (unpaired) electrons. The van der Waals surface area contributed by atoms with Gasteiger partial charge in [-0.2, -0.15) is 18.6 Å². The number of aromatic nitrogens is 4. The fourth-order valence-electron chi connectivity index (χ4n) is 7.95. The van der Waals surface area contributed by atoms with E-state index in [0.29, 0.717) is 16.7 Å². The summed E-state index contributed by atoms with van der Waals surface area (Å²) < 4.78 is 71.4. The molecule has 0 aliphatic carbocycles. The highest BCUT2D eigenvalue weighted by Crippen LogP contribution is 2.66. The molecule has 0 spiro atoms. The lowest BCUT2D eigenvalue weighted by Gasteiger charge is -2.31. The van der Waals surface area contributed by atoms with E-state index in [1.807, 2.05) is 41.5 Å². The van der Waals surface area contributed by atoms with Gasteiger partial charge in [0.25, 0.3) is 11.4 Å². The molecule has 2 aromatic carbocycles. The van der Waals surface area contributed by atoms with Crippen molar-refractivity contribution in [2.45, 2.75) is 117 Å². The van der Waals surface area contributed by atoms with E-state index in [2.05, 4.69) is 23.1 Å². The molecule has 10 atom stereocenters. The SMILES string of the molecule is CC(C)(C)[C@H](OCc1cn([C@H]2CC(O)[C@@H](CO)O2)c(=O)nc1N)c1ccccc1[N+](=O)[O-].CC(C)(C)[C@H](OCc1cn([C@H]2CC(O)[C@@H](COP(=O)(O)OP(=O)(O)OP(=O)(O)O)O2)c(=O)nc1N)c1ccccc1[N+](=O)[O-]. The van der Waals surface area contributed by atoms with E-state index in [1.165, 1.54) is 35.2 Å². The third-order valence-corrected chi connectivity index (χ3v) is 15.2. The molecule has 0 amide bonds. The standard InChI is InChI=1S/C21H31N4O16P3.C21H28N4O7/c1-21(2,3)18(13-6-4-5-7-14(13)25(28)29)37-10-12-9-24(20(27)23-19(12)22)17-8-15(26)16(39-17)11-38-43(33,34)41-44(35,36)40-42(30,31)32;1-21(2,3)18(13-6-4-5-7-14(13)25(29)30)31-11-12-9-24(20(28)23-19(12)22)17-8-15(27)16(10-26)32-17/h4-7,9,15-18,26H,8,10-11H2,1-3H3,(H,33,34)(H,35,36)(H2,22,23,27)(H2,30,31,32);4-7,9,15-18,26-27H,8,10-11H2,1-3H3,(H2,22,23,28)/t2*15?,16-,17-,18-/m11/s1. The summed E-state index contributed by atoms with van der Waals surface area (Å²) in [5, 5.41) is 52.8. The van der Waals surface area contributed by atoms with E-state index in [4.69, 9.17) is 40.2 Å². The number of nitro benzene ring substituents is 2. The van der Waals surface area contributed by atoms with E-state index in [0.717, 1.165) is 4.57 Å². The van der Waals surface area contributed by atoms with Crippen molar-refractivity contribution in [3.63, 3.8) is 0 Å². The Bertz CT molecular complexity index is 3000. The van der Waals surface area contributed by atoms with E-state index >= 15 is 0 Å². The van der Waals surface area contributed by atoms with Crippen LogP contribution in [-0.4, -0.2) is 101 Å². The number of phosphoric ester groups is 1. The fraction of sp³-hybridized carbons (Fsp3) is 0.524. The molecule has 6 rings (SSSR count). The topological polar surface area (TPSA) is 466 Å². The van der Waals surface area contributed by atoms with Crippen molar-refractivity contribution in [1.82, 2.24) is 19.1 Å². The van der Waals surface area contributed by atoms with Gasteiger partial charge in [0.15, 0.2) is 0 Å². The van der Waals surface area contributed by atoms with Crippen LogP contribution in [0.4, 0.5) is 23.0 Å². The van der Waals surface area contributed by atoms with Gasteiger partial charge in [-0.3, -0.25) is 33.9 Å². The molecule has 11 N–H and O–H groups in total. The van der Waals surface area contributed by atoms with Crippen LogP contribution in [0.25, 0.3) is 0 Å². The predicted molar refractivity (Wildman–Crippen MR) is 262 cm³/mol.